The van der Waals surface area contributed by atoms with Crippen molar-refractivity contribution in [3.63, 3.8) is 0 Å². The number of amides is 1. The van der Waals surface area contributed by atoms with Gasteiger partial charge < -0.3 is 20.6 Å². The lowest BCUT2D eigenvalue weighted by molar-refractivity contribution is -0.145. The lowest BCUT2D eigenvalue weighted by atomic mass is 10.0. The average molecular weight is 418 g/mol. The van der Waals surface area contributed by atoms with Crippen LogP contribution in [0.2, 0.25) is 0 Å². The minimum Gasteiger partial charge on any atom is -0.507 e. The molecule has 0 fully saturated rings. The fourth-order valence-electron chi connectivity index (χ4n) is 2.97. The number of rotatable bonds is 8. The first kappa shape index (κ1) is 21.7. The van der Waals surface area contributed by atoms with Crippen molar-refractivity contribution in [1.82, 2.24) is 5.32 Å². The van der Waals surface area contributed by atoms with Crippen LogP contribution in [0, 0.1) is 0 Å². The topological polar surface area (TPSA) is 119 Å². The predicted molar refractivity (Wildman–Crippen MR) is 116 cm³/mol. The van der Waals surface area contributed by atoms with Gasteiger partial charge in [-0.3, -0.25) is 9.79 Å². The summed E-state index contributed by atoms with van der Waals surface area (Å²) in [7, 11) is 0. The standard InChI is InChI=1S/C24H22N2O5/c27-20-9-5-4-8-18(20)15-25-19-12-10-17(11-13-19)23(29)22(24(30)31)26-21(28)14-16-6-2-1-3-7-16/h1-13,15,22-23,27,29H,14H2,(H,26,28)(H,30,31)/t22-,23+/m0/s1. The number of benzene rings is 3. The number of nitrogens with one attached hydrogen (secondary N) is 1. The lowest BCUT2D eigenvalue weighted by Crippen LogP contribution is -2.45. The van der Waals surface area contributed by atoms with Crippen LogP contribution in [0.5, 0.6) is 5.75 Å². The number of carbonyl (C=O) groups excluding carboxylic acids is 1. The van der Waals surface area contributed by atoms with Crippen LogP contribution in [-0.2, 0) is 16.0 Å². The second-order valence-electron chi connectivity index (χ2n) is 6.90. The Balaban J connectivity index is 1.67. The molecule has 3 aromatic carbocycles. The number of carbonyl (C=O) groups is 2. The van der Waals surface area contributed by atoms with Crippen molar-refractivity contribution in [2.75, 3.05) is 0 Å². The second kappa shape index (κ2) is 10.2. The van der Waals surface area contributed by atoms with Gasteiger partial charge in [0.1, 0.15) is 11.9 Å². The Hall–Kier alpha value is -3.97. The fraction of sp³-hybridized carbons (Fsp3) is 0.125. The van der Waals surface area contributed by atoms with Crippen LogP contribution in [0.1, 0.15) is 22.8 Å². The number of para-hydroxylation sites is 1. The molecule has 0 spiro atoms. The summed E-state index contributed by atoms with van der Waals surface area (Å²) < 4.78 is 0. The number of aliphatic hydroxyl groups is 1. The Morgan fingerprint density at radius 1 is 0.935 bits per heavy atom. The molecule has 4 N–H and O–H groups in total. The van der Waals surface area contributed by atoms with E-state index >= 15 is 0 Å². The summed E-state index contributed by atoms with van der Waals surface area (Å²) in [5.41, 5.74) is 2.18. The van der Waals surface area contributed by atoms with Crippen molar-refractivity contribution in [2.24, 2.45) is 4.99 Å². The second-order valence-corrected chi connectivity index (χ2v) is 6.90. The molecule has 3 rings (SSSR count). The highest BCUT2D eigenvalue weighted by Gasteiger charge is 2.29. The molecule has 0 bridgehead atoms. The quantitative estimate of drug-likeness (QED) is 0.419. The van der Waals surface area contributed by atoms with Crippen molar-refractivity contribution in [3.05, 3.63) is 95.6 Å². The molecular formula is C24H22N2O5. The van der Waals surface area contributed by atoms with Crippen LogP contribution >= 0.6 is 0 Å². The third-order valence-corrected chi connectivity index (χ3v) is 4.63. The number of aromatic hydroxyl groups is 1. The van der Waals surface area contributed by atoms with Crippen molar-refractivity contribution in [1.29, 1.82) is 0 Å². The van der Waals surface area contributed by atoms with E-state index in [0.29, 0.717) is 16.8 Å². The van der Waals surface area contributed by atoms with Crippen LogP contribution in [0.3, 0.4) is 0 Å². The van der Waals surface area contributed by atoms with Crippen molar-refractivity contribution in [3.8, 4) is 5.75 Å². The number of aliphatic carboxylic acids is 1. The van der Waals surface area contributed by atoms with Gasteiger partial charge in [0.05, 0.1) is 12.1 Å². The first-order valence-corrected chi connectivity index (χ1v) is 9.60. The number of carboxylic acids is 1. The molecule has 1 amide bonds. The number of aliphatic imine (C=N–C) groups is 1. The van der Waals surface area contributed by atoms with Gasteiger partial charge in [0.25, 0.3) is 0 Å². The maximum atomic E-state index is 12.2. The predicted octanol–water partition coefficient (Wildman–Crippen LogP) is 2.99. The normalized spacial score (nSPS) is 12.9. The largest absolute Gasteiger partial charge is 0.507 e. The van der Waals surface area contributed by atoms with Gasteiger partial charge in [-0.15, -0.1) is 0 Å². The first-order chi connectivity index (χ1) is 14.9. The van der Waals surface area contributed by atoms with E-state index in [4.69, 9.17) is 0 Å². The third-order valence-electron chi connectivity index (χ3n) is 4.63. The molecule has 0 radical (unpaired) electrons. The number of aliphatic hydroxyl groups excluding tert-OH is 1. The molecule has 0 aromatic heterocycles. The summed E-state index contributed by atoms with van der Waals surface area (Å²) in [5.74, 6) is -1.73. The van der Waals surface area contributed by atoms with Gasteiger partial charge in [-0.1, -0.05) is 54.6 Å². The van der Waals surface area contributed by atoms with Crippen LogP contribution in [0.15, 0.2) is 83.9 Å². The Morgan fingerprint density at radius 3 is 2.23 bits per heavy atom. The van der Waals surface area contributed by atoms with E-state index in [1.54, 1.807) is 72.8 Å². The van der Waals surface area contributed by atoms with E-state index in [-0.39, 0.29) is 12.2 Å². The van der Waals surface area contributed by atoms with E-state index in [9.17, 15) is 24.9 Å². The number of phenolic OH excluding ortho intramolecular Hbond substituents is 1. The average Bonchev–Trinajstić information content (AvgIpc) is 2.77. The molecule has 0 unspecified atom stereocenters. The van der Waals surface area contributed by atoms with E-state index in [1.165, 1.54) is 6.21 Å². The van der Waals surface area contributed by atoms with E-state index in [1.807, 2.05) is 6.07 Å². The third kappa shape index (κ3) is 6.01. The molecule has 0 saturated carbocycles. The van der Waals surface area contributed by atoms with Gasteiger partial charge in [0.15, 0.2) is 6.04 Å². The van der Waals surface area contributed by atoms with Gasteiger partial charge in [-0.05, 0) is 35.4 Å². The Morgan fingerprint density at radius 2 is 1.58 bits per heavy atom. The highest BCUT2D eigenvalue weighted by Crippen LogP contribution is 2.22. The number of phenols is 1. The Labute approximate surface area is 179 Å². The van der Waals surface area contributed by atoms with Crippen LogP contribution in [-0.4, -0.2) is 39.5 Å². The Kier molecular flexibility index (Phi) is 7.13. The minimum atomic E-state index is -1.49. The summed E-state index contributed by atoms with van der Waals surface area (Å²) >= 11 is 0. The molecule has 7 nitrogen and oxygen atoms in total. The smallest absolute Gasteiger partial charge is 0.329 e. The maximum absolute atomic E-state index is 12.2. The molecule has 0 aliphatic carbocycles. The maximum Gasteiger partial charge on any atom is 0.329 e. The van der Waals surface area contributed by atoms with E-state index in [0.717, 1.165) is 5.56 Å². The minimum absolute atomic E-state index is 0.0112. The zero-order valence-electron chi connectivity index (χ0n) is 16.6. The molecule has 0 saturated heterocycles. The molecular weight excluding hydrogens is 396 g/mol. The van der Waals surface area contributed by atoms with E-state index < -0.39 is 24.0 Å². The summed E-state index contributed by atoms with van der Waals surface area (Å²) in [5, 5.41) is 32.2. The summed E-state index contributed by atoms with van der Waals surface area (Å²) in [6.45, 7) is 0. The molecule has 0 aliphatic rings. The van der Waals surface area contributed by atoms with Gasteiger partial charge in [-0.25, -0.2) is 4.79 Å². The molecule has 0 aliphatic heterocycles. The Bertz CT molecular complexity index is 1060. The van der Waals surface area contributed by atoms with Gasteiger partial charge in [0, 0.05) is 11.8 Å². The number of carboxylic acid groups (broad SMARTS) is 1. The molecule has 2 atom stereocenters. The number of hydrogen-bond acceptors (Lipinski definition) is 5. The zero-order chi connectivity index (χ0) is 22.2. The highest BCUT2D eigenvalue weighted by molar-refractivity contribution is 5.86. The summed E-state index contributed by atoms with van der Waals surface area (Å²) in [6, 6.07) is 20.5. The molecule has 31 heavy (non-hydrogen) atoms. The van der Waals surface area contributed by atoms with Gasteiger partial charge >= 0.3 is 5.97 Å². The van der Waals surface area contributed by atoms with E-state index in [2.05, 4.69) is 10.3 Å². The van der Waals surface area contributed by atoms with Crippen LogP contribution in [0.4, 0.5) is 5.69 Å². The van der Waals surface area contributed by atoms with Gasteiger partial charge in [0.2, 0.25) is 5.91 Å². The van der Waals surface area contributed by atoms with Crippen molar-refractivity contribution in [2.45, 2.75) is 18.6 Å². The number of hydrogen-bond donors (Lipinski definition) is 4. The summed E-state index contributed by atoms with van der Waals surface area (Å²) in [4.78, 5) is 28.1. The van der Waals surface area contributed by atoms with Crippen molar-refractivity contribution >= 4 is 23.8 Å². The van der Waals surface area contributed by atoms with Crippen LogP contribution in [0.25, 0.3) is 0 Å². The molecule has 3 aromatic rings. The molecule has 0 heterocycles. The van der Waals surface area contributed by atoms with Crippen molar-refractivity contribution < 1.29 is 24.9 Å². The SMILES string of the molecule is O=C(Cc1ccccc1)N[C@H](C(=O)O)[C@H](O)c1ccc(N=Cc2ccccc2O)cc1. The monoisotopic (exact) mass is 418 g/mol. The zero-order valence-corrected chi connectivity index (χ0v) is 16.6. The van der Waals surface area contributed by atoms with Crippen LogP contribution < -0.4 is 5.32 Å². The lowest BCUT2D eigenvalue weighted by Gasteiger charge is -2.21. The first-order valence-electron chi connectivity index (χ1n) is 9.60. The fourth-order valence-corrected chi connectivity index (χ4v) is 2.97. The highest BCUT2D eigenvalue weighted by atomic mass is 16.4. The van der Waals surface area contributed by atoms with Gasteiger partial charge in [-0.2, -0.15) is 0 Å². The molecule has 158 valence electrons. The molecule has 7 heteroatoms. The summed E-state index contributed by atoms with van der Waals surface area (Å²) in [6.07, 6.45) is 0.0792. The number of nitrogens with zero attached hydrogens (tertiary/aromatic N) is 1.